The molecule has 0 aromatic carbocycles. The topological polar surface area (TPSA) is 45.2 Å². The second kappa shape index (κ2) is 9.16. The molecular weight excluding hydrogens is 294 g/mol. The summed E-state index contributed by atoms with van der Waals surface area (Å²) in [6, 6.07) is 4.41. The van der Waals surface area contributed by atoms with E-state index < -0.39 is 0 Å². The van der Waals surface area contributed by atoms with Crippen molar-refractivity contribution in [1.82, 2.24) is 15.2 Å². The maximum Gasteiger partial charge on any atom is 0.230 e. The van der Waals surface area contributed by atoms with Gasteiger partial charge in [0.2, 0.25) is 5.91 Å². The van der Waals surface area contributed by atoms with Crippen molar-refractivity contribution in [3.05, 3.63) is 30.1 Å². The lowest BCUT2D eigenvalue weighted by Gasteiger charge is -2.35. The van der Waals surface area contributed by atoms with Gasteiger partial charge in [0, 0.05) is 30.7 Å². The van der Waals surface area contributed by atoms with Gasteiger partial charge < -0.3 is 5.32 Å². The van der Waals surface area contributed by atoms with Gasteiger partial charge in [-0.1, -0.05) is 6.92 Å². The molecule has 1 aliphatic heterocycles. The molecule has 1 aromatic heterocycles. The molecule has 0 spiro atoms. The first-order chi connectivity index (χ1) is 10.6. The Morgan fingerprint density at radius 3 is 2.77 bits per heavy atom. The highest BCUT2D eigenvalue weighted by Gasteiger charge is 2.20. The largest absolute Gasteiger partial charge is 0.354 e. The van der Waals surface area contributed by atoms with Gasteiger partial charge in [-0.2, -0.15) is 0 Å². The number of rotatable bonds is 7. The Bertz CT molecular complexity index is 446. The lowest BCUT2D eigenvalue weighted by Crippen LogP contribution is -2.45. The third-order valence-electron chi connectivity index (χ3n) is 4.29. The van der Waals surface area contributed by atoms with E-state index in [0.29, 0.717) is 11.8 Å². The molecule has 1 atom stereocenters. The van der Waals surface area contributed by atoms with Crippen molar-refractivity contribution < 1.29 is 4.79 Å². The second-order valence-corrected chi connectivity index (χ2v) is 7.21. The molecule has 122 valence electrons. The minimum absolute atomic E-state index is 0.135. The summed E-state index contributed by atoms with van der Waals surface area (Å²) in [7, 11) is 0. The van der Waals surface area contributed by atoms with Crippen molar-refractivity contribution >= 4 is 17.7 Å². The Morgan fingerprint density at radius 2 is 2.09 bits per heavy atom. The third-order valence-corrected chi connectivity index (χ3v) is 5.29. The summed E-state index contributed by atoms with van der Waals surface area (Å²) >= 11 is 1.65. The van der Waals surface area contributed by atoms with Gasteiger partial charge in [-0.25, -0.2) is 0 Å². The van der Waals surface area contributed by atoms with Crippen LogP contribution in [0.3, 0.4) is 0 Å². The summed E-state index contributed by atoms with van der Waals surface area (Å²) in [6.07, 6.45) is 6.13. The first-order valence-corrected chi connectivity index (χ1v) is 9.28. The van der Waals surface area contributed by atoms with Gasteiger partial charge in [0.25, 0.3) is 0 Å². The minimum atomic E-state index is 0.135. The van der Waals surface area contributed by atoms with Crippen molar-refractivity contribution in [3.63, 3.8) is 0 Å². The Balaban J connectivity index is 1.59. The fourth-order valence-electron chi connectivity index (χ4n) is 2.65. The summed E-state index contributed by atoms with van der Waals surface area (Å²) in [5.41, 5.74) is 1.21. The van der Waals surface area contributed by atoms with Gasteiger partial charge in [0.05, 0.1) is 5.75 Å². The fraction of sp³-hybridized carbons (Fsp3) is 0.647. The Morgan fingerprint density at radius 1 is 1.41 bits per heavy atom. The van der Waals surface area contributed by atoms with Gasteiger partial charge in [0.1, 0.15) is 0 Å². The third kappa shape index (κ3) is 5.97. The van der Waals surface area contributed by atoms with E-state index in [9.17, 15) is 4.79 Å². The van der Waals surface area contributed by atoms with Gasteiger partial charge in [0.15, 0.2) is 0 Å². The smallest absolute Gasteiger partial charge is 0.230 e. The van der Waals surface area contributed by atoms with Crippen LogP contribution in [0.2, 0.25) is 0 Å². The lowest BCUT2D eigenvalue weighted by molar-refractivity contribution is -0.118. The first kappa shape index (κ1) is 17.3. The zero-order chi connectivity index (χ0) is 15.8. The first-order valence-electron chi connectivity index (χ1n) is 8.12. The Hall–Kier alpha value is -1.07. The number of hydrogen-bond acceptors (Lipinski definition) is 4. The predicted molar refractivity (Wildman–Crippen MR) is 92.8 cm³/mol. The molecule has 0 radical (unpaired) electrons. The zero-order valence-corrected chi connectivity index (χ0v) is 14.4. The molecule has 1 N–H and O–H groups in total. The average Bonchev–Trinajstić information content (AvgIpc) is 2.54. The quantitative estimate of drug-likeness (QED) is 0.838. The van der Waals surface area contributed by atoms with E-state index >= 15 is 0 Å². The van der Waals surface area contributed by atoms with Gasteiger partial charge in [-0.15, -0.1) is 11.8 Å². The molecule has 0 bridgehead atoms. The number of amides is 1. The number of hydrogen-bond donors (Lipinski definition) is 1. The van der Waals surface area contributed by atoms with Crippen LogP contribution in [0.1, 0.15) is 32.3 Å². The van der Waals surface area contributed by atoms with Crippen LogP contribution in [0.15, 0.2) is 24.5 Å². The molecule has 4 nitrogen and oxygen atoms in total. The van der Waals surface area contributed by atoms with Gasteiger partial charge in [-0.3, -0.25) is 14.7 Å². The molecule has 2 rings (SSSR count). The molecule has 0 aliphatic carbocycles. The molecule has 1 aliphatic rings. The highest BCUT2D eigenvalue weighted by Crippen LogP contribution is 2.17. The number of piperidine rings is 1. The molecule has 0 unspecified atom stereocenters. The molecule has 22 heavy (non-hydrogen) atoms. The van der Waals surface area contributed by atoms with Crippen molar-refractivity contribution in [1.29, 1.82) is 0 Å². The number of pyridine rings is 1. The fourth-order valence-corrected chi connectivity index (χ4v) is 3.47. The highest BCUT2D eigenvalue weighted by molar-refractivity contribution is 7.99. The van der Waals surface area contributed by atoms with Crippen molar-refractivity contribution in [3.8, 4) is 0 Å². The zero-order valence-electron chi connectivity index (χ0n) is 13.6. The standard InChI is InChI=1S/C17H27N3OS/c1-14-5-9-20(10-6-14)15(2)11-19-17(21)13-22-12-16-3-7-18-8-4-16/h3-4,7-8,14-15H,5-6,9-13H2,1-2H3,(H,19,21)/t15-/m1/s1. The van der Waals surface area contributed by atoms with Crippen LogP contribution in [0, 0.1) is 5.92 Å². The molecule has 0 saturated carbocycles. The number of nitrogens with zero attached hydrogens (tertiary/aromatic N) is 2. The van der Waals surface area contributed by atoms with Gasteiger partial charge in [-0.05, 0) is 56.5 Å². The van der Waals surface area contributed by atoms with E-state index in [4.69, 9.17) is 0 Å². The molecule has 2 heterocycles. The monoisotopic (exact) mass is 321 g/mol. The Labute approximate surface area is 138 Å². The van der Waals surface area contributed by atoms with E-state index in [1.807, 2.05) is 12.1 Å². The van der Waals surface area contributed by atoms with Gasteiger partial charge >= 0.3 is 0 Å². The maximum absolute atomic E-state index is 11.9. The normalized spacial score (nSPS) is 18.1. The molecular formula is C17H27N3OS. The molecule has 1 amide bonds. The van der Waals surface area contributed by atoms with Crippen molar-refractivity contribution in [2.45, 2.75) is 38.5 Å². The summed E-state index contributed by atoms with van der Waals surface area (Å²) in [4.78, 5) is 18.4. The van der Waals surface area contributed by atoms with E-state index in [0.717, 1.165) is 31.3 Å². The van der Waals surface area contributed by atoms with E-state index in [2.05, 4.69) is 29.0 Å². The SMILES string of the molecule is CC1CCN([C@H](C)CNC(=O)CSCc2ccncc2)CC1. The summed E-state index contributed by atoms with van der Waals surface area (Å²) < 4.78 is 0. The molecule has 1 fully saturated rings. The number of thioether (sulfide) groups is 1. The van der Waals surface area contributed by atoms with Crippen molar-refractivity contribution in [2.75, 3.05) is 25.4 Å². The molecule has 1 aromatic rings. The summed E-state index contributed by atoms with van der Waals surface area (Å²) in [5.74, 6) is 2.36. The Kier molecular flexibility index (Phi) is 7.19. The van der Waals surface area contributed by atoms with E-state index in [1.165, 1.54) is 18.4 Å². The minimum Gasteiger partial charge on any atom is -0.354 e. The summed E-state index contributed by atoms with van der Waals surface area (Å²) in [6.45, 7) is 7.61. The van der Waals surface area contributed by atoms with Crippen LogP contribution in [0.5, 0.6) is 0 Å². The average molecular weight is 321 g/mol. The number of nitrogens with one attached hydrogen (secondary N) is 1. The number of carbonyl (C=O) groups is 1. The van der Waals surface area contributed by atoms with Crippen molar-refractivity contribution in [2.24, 2.45) is 5.92 Å². The highest BCUT2D eigenvalue weighted by atomic mass is 32.2. The number of likely N-dealkylation sites (tertiary alicyclic amines) is 1. The van der Waals surface area contributed by atoms with E-state index in [1.54, 1.807) is 24.2 Å². The maximum atomic E-state index is 11.9. The molecule has 1 saturated heterocycles. The van der Waals surface area contributed by atoms with Crippen LogP contribution >= 0.6 is 11.8 Å². The van der Waals surface area contributed by atoms with Crippen LogP contribution < -0.4 is 5.32 Å². The van der Waals surface area contributed by atoms with E-state index in [-0.39, 0.29) is 5.91 Å². The van der Waals surface area contributed by atoms with Crippen LogP contribution in [-0.4, -0.2) is 47.2 Å². The number of aromatic nitrogens is 1. The molecule has 5 heteroatoms. The van der Waals surface area contributed by atoms with Crippen LogP contribution in [0.25, 0.3) is 0 Å². The number of carbonyl (C=O) groups excluding carboxylic acids is 1. The van der Waals surface area contributed by atoms with Crippen LogP contribution in [0.4, 0.5) is 0 Å². The summed E-state index contributed by atoms with van der Waals surface area (Å²) in [5, 5.41) is 3.06. The predicted octanol–water partition coefficient (Wildman–Crippen LogP) is 2.55. The van der Waals surface area contributed by atoms with Crippen LogP contribution in [-0.2, 0) is 10.5 Å². The lowest BCUT2D eigenvalue weighted by atomic mass is 9.98. The second-order valence-electron chi connectivity index (χ2n) is 6.22.